The summed E-state index contributed by atoms with van der Waals surface area (Å²) >= 11 is 1.73. The van der Waals surface area contributed by atoms with E-state index in [0.29, 0.717) is 12.5 Å². The van der Waals surface area contributed by atoms with Crippen LogP contribution < -0.4 is 5.32 Å². The summed E-state index contributed by atoms with van der Waals surface area (Å²) in [5.41, 5.74) is 1.12. The molecule has 3 nitrogen and oxygen atoms in total. The summed E-state index contributed by atoms with van der Waals surface area (Å²) in [6.07, 6.45) is 2.24. The monoisotopic (exact) mass is 226 g/mol. The van der Waals surface area contributed by atoms with Gasteiger partial charge < -0.3 is 10.4 Å². The fourth-order valence-electron chi connectivity index (χ4n) is 1.72. The molecule has 1 aromatic heterocycles. The number of nitrogens with one attached hydrogen (secondary N) is 1. The predicted molar refractivity (Wildman–Crippen MR) is 62.0 cm³/mol. The SMILES string of the molecule is Cc1nc(C)c(CNCC(O)C2CC2)s1. The fourth-order valence-corrected chi connectivity index (χ4v) is 2.63. The smallest absolute Gasteiger partial charge is 0.0900 e. The van der Waals surface area contributed by atoms with Crippen molar-refractivity contribution in [2.45, 2.75) is 39.3 Å². The highest BCUT2D eigenvalue weighted by atomic mass is 32.1. The molecule has 84 valence electrons. The summed E-state index contributed by atoms with van der Waals surface area (Å²) in [6.45, 7) is 5.61. The Hall–Kier alpha value is -0.450. The molecule has 2 rings (SSSR count). The van der Waals surface area contributed by atoms with Crippen molar-refractivity contribution in [2.75, 3.05) is 6.54 Å². The maximum Gasteiger partial charge on any atom is 0.0900 e. The lowest BCUT2D eigenvalue weighted by molar-refractivity contribution is 0.148. The van der Waals surface area contributed by atoms with Gasteiger partial charge in [0.25, 0.3) is 0 Å². The minimum Gasteiger partial charge on any atom is -0.392 e. The number of thiazole rings is 1. The summed E-state index contributed by atoms with van der Waals surface area (Å²) in [5, 5.41) is 14.1. The number of hydrogen-bond donors (Lipinski definition) is 2. The Morgan fingerprint density at radius 1 is 1.53 bits per heavy atom. The molecule has 1 unspecified atom stereocenters. The second kappa shape index (κ2) is 4.60. The van der Waals surface area contributed by atoms with E-state index in [4.69, 9.17) is 0 Å². The molecule has 1 heterocycles. The molecule has 1 fully saturated rings. The Kier molecular flexibility index (Phi) is 3.38. The zero-order valence-electron chi connectivity index (χ0n) is 9.29. The molecule has 1 saturated carbocycles. The Bertz CT molecular complexity index is 333. The van der Waals surface area contributed by atoms with Gasteiger partial charge in [0.15, 0.2) is 0 Å². The third kappa shape index (κ3) is 3.00. The molecule has 0 aliphatic heterocycles. The van der Waals surface area contributed by atoms with Crippen LogP contribution in [-0.2, 0) is 6.54 Å². The number of hydrogen-bond acceptors (Lipinski definition) is 4. The van der Waals surface area contributed by atoms with Crippen LogP contribution in [0, 0.1) is 19.8 Å². The third-order valence-corrected chi connectivity index (χ3v) is 3.88. The molecule has 1 aliphatic carbocycles. The number of aliphatic hydroxyl groups is 1. The summed E-state index contributed by atoms with van der Waals surface area (Å²) in [5.74, 6) is 0.557. The molecule has 0 spiro atoms. The minimum atomic E-state index is -0.153. The van der Waals surface area contributed by atoms with Crippen LogP contribution in [0.1, 0.15) is 28.4 Å². The minimum absolute atomic E-state index is 0.153. The Morgan fingerprint density at radius 3 is 2.80 bits per heavy atom. The quantitative estimate of drug-likeness (QED) is 0.802. The Balaban J connectivity index is 1.75. The topological polar surface area (TPSA) is 45.2 Å². The van der Waals surface area contributed by atoms with Gasteiger partial charge in [0.2, 0.25) is 0 Å². The highest BCUT2D eigenvalue weighted by molar-refractivity contribution is 7.11. The van der Waals surface area contributed by atoms with Crippen molar-refractivity contribution in [1.82, 2.24) is 10.3 Å². The highest BCUT2D eigenvalue weighted by Crippen LogP contribution is 2.32. The first-order valence-corrected chi connectivity index (χ1v) is 6.30. The molecular weight excluding hydrogens is 208 g/mol. The largest absolute Gasteiger partial charge is 0.392 e. The number of aryl methyl sites for hydroxylation is 2. The molecule has 15 heavy (non-hydrogen) atoms. The molecule has 1 aliphatic rings. The van der Waals surface area contributed by atoms with Crippen molar-refractivity contribution in [2.24, 2.45) is 5.92 Å². The highest BCUT2D eigenvalue weighted by Gasteiger charge is 2.29. The van der Waals surface area contributed by atoms with E-state index in [1.165, 1.54) is 17.7 Å². The Labute approximate surface area is 94.5 Å². The fraction of sp³-hybridized carbons (Fsp3) is 0.727. The van der Waals surface area contributed by atoms with Gasteiger partial charge in [-0.15, -0.1) is 11.3 Å². The predicted octanol–water partition coefficient (Wildman–Crippen LogP) is 1.62. The van der Waals surface area contributed by atoms with E-state index < -0.39 is 0 Å². The average Bonchev–Trinajstić information content (AvgIpc) is 2.94. The zero-order chi connectivity index (χ0) is 10.8. The van der Waals surface area contributed by atoms with Crippen molar-refractivity contribution >= 4 is 11.3 Å². The average molecular weight is 226 g/mol. The van der Waals surface area contributed by atoms with Gasteiger partial charge in [-0.05, 0) is 32.6 Å². The van der Waals surface area contributed by atoms with Crippen molar-refractivity contribution < 1.29 is 5.11 Å². The van der Waals surface area contributed by atoms with Crippen LogP contribution in [-0.4, -0.2) is 22.7 Å². The summed E-state index contributed by atoms with van der Waals surface area (Å²) < 4.78 is 0. The van der Waals surface area contributed by atoms with Crippen LogP contribution in [0.15, 0.2) is 0 Å². The van der Waals surface area contributed by atoms with Crippen LogP contribution in [0.5, 0.6) is 0 Å². The van der Waals surface area contributed by atoms with Gasteiger partial charge in [-0.2, -0.15) is 0 Å². The molecular formula is C11H18N2OS. The lowest BCUT2D eigenvalue weighted by atomic mass is 10.2. The molecule has 1 atom stereocenters. The molecule has 0 amide bonds. The molecule has 1 aromatic rings. The lowest BCUT2D eigenvalue weighted by Gasteiger charge is -2.09. The van der Waals surface area contributed by atoms with Gasteiger partial charge in [0, 0.05) is 18.0 Å². The first kappa shape index (κ1) is 11.0. The van der Waals surface area contributed by atoms with E-state index >= 15 is 0 Å². The third-order valence-electron chi connectivity index (χ3n) is 2.80. The van der Waals surface area contributed by atoms with Crippen LogP contribution in [0.2, 0.25) is 0 Å². The van der Waals surface area contributed by atoms with Crippen molar-refractivity contribution in [3.05, 3.63) is 15.6 Å². The maximum absolute atomic E-state index is 9.67. The number of nitrogens with zero attached hydrogens (tertiary/aromatic N) is 1. The van der Waals surface area contributed by atoms with Crippen molar-refractivity contribution in [3.63, 3.8) is 0 Å². The van der Waals surface area contributed by atoms with Crippen LogP contribution in [0.3, 0.4) is 0 Å². The van der Waals surface area contributed by atoms with Gasteiger partial charge in [-0.1, -0.05) is 0 Å². The standard InChI is InChI=1S/C11H18N2OS/c1-7-11(15-8(2)13-7)6-12-5-10(14)9-3-4-9/h9-10,12,14H,3-6H2,1-2H3. The summed E-state index contributed by atoms with van der Waals surface area (Å²) in [4.78, 5) is 5.66. The van der Waals surface area contributed by atoms with Crippen molar-refractivity contribution in [3.8, 4) is 0 Å². The first-order valence-electron chi connectivity index (χ1n) is 5.48. The maximum atomic E-state index is 9.67. The molecule has 0 aromatic carbocycles. The molecule has 0 saturated heterocycles. The number of rotatable bonds is 5. The van der Waals surface area contributed by atoms with Crippen LogP contribution >= 0.6 is 11.3 Å². The van der Waals surface area contributed by atoms with Crippen LogP contribution in [0.25, 0.3) is 0 Å². The lowest BCUT2D eigenvalue weighted by Crippen LogP contribution is -2.27. The van der Waals surface area contributed by atoms with Gasteiger partial charge in [-0.25, -0.2) is 4.98 Å². The number of aromatic nitrogens is 1. The summed E-state index contributed by atoms with van der Waals surface area (Å²) in [6, 6.07) is 0. The molecule has 2 N–H and O–H groups in total. The second-order valence-corrected chi connectivity index (χ2v) is 5.56. The van der Waals surface area contributed by atoms with E-state index in [2.05, 4.69) is 10.3 Å². The zero-order valence-corrected chi connectivity index (χ0v) is 10.1. The number of aliphatic hydroxyl groups excluding tert-OH is 1. The van der Waals surface area contributed by atoms with Gasteiger partial charge in [0.1, 0.15) is 0 Å². The Morgan fingerprint density at radius 2 is 2.27 bits per heavy atom. The van der Waals surface area contributed by atoms with Gasteiger partial charge >= 0.3 is 0 Å². The second-order valence-electron chi connectivity index (χ2n) is 4.28. The van der Waals surface area contributed by atoms with Crippen molar-refractivity contribution in [1.29, 1.82) is 0 Å². The molecule has 4 heteroatoms. The van der Waals surface area contributed by atoms with E-state index in [-0.39, 0.29) is 6.10 Å². The molecule has 0 bridgehead atoms. The first-order chi connectivity index (χ1) is 7.16. The van der Waals surface area contributed by atoms with E-state index in [0.717, 1.165) is 17.2 Å². The summed E-state index contributed by atoms with van der Waals surface area (Å²) in [7, 11) is 0. The van der Waals surface area contributed by atoms with E-state index in [1.807, 2.05) is 13.8 Å². The molecule has 0 radical (unpaired) electrons. The van der Waals surface area contributed by atoms with E-state index in [1.54, 1.807) is 11.3 Å². The van der Waals surface area contributed by atoms with Gasteiger partial charge in [0.05, 0.1) is 16.8 Å². The normalized spacial score (nSPS) is 18.1. The van der Waals surface area contributed by atoms with Gasteiger partial charge in [-0.3, -0.25) is 0 Å². The van der Waals surface area contributed by atoms with E-state index in [9.17, 15) is 5.11 Å². The van der Waals surface area contributed by atoms with Crippen LogP contribution in [0.4, 0.5) is 0 Å².